The van der Waals surface area contributed by atoms with Crippen LogP contribution in [0.2, 0.25) is 0 Å². The van der Waals surface area contributed by atoms with Crippen LogP contribution in [0.1, 0.15) is 40.4 Å². The predicted octanol–water partition coefficient (Wildman–Crippen LogP) is 3.56. The number of benzene rings is 2. The van der Waals surface area contributed by atoms with E-state index in [-0.39, 0.29) is 5.78 Å². The Hall–Kier alpha value is -2.37. The van der Waals surface area contributed by atoms with Crippen LogP contribution in [0.15, 0.2) is 54.6 Å². The number of carbonyl (C=O) groups is 1. The Balaban J connectivity index is 2.21. The van der Waals surface area contributed by atoms with Crippen LogP contribution in [0.5, 0.6) is 0 Å². The molecule has 1 atom stereocenters. The van der Waals surface area contributed by atoms with E-state index < -0.39 is 6.10 Å². The van der Waals surface area contributed by atoms with Gasteiger partial charge in [-0.05, 0) is 24.0 Å². The standard InChI is InChI=1S/C19H18O2/c1-2-3-5-10-15-11-8-9-14-17(15)19(21)18(20)16-12-6-4-7-13-16/h1,4,6-9,11-14,19,21H,3,5,10H2. The summed E-state index contributed by atoms with van der Waals surface area (Å²) < 4.78 is 0. The number of hydrogen-bond donors (Lipinski definition) is 1. The third-order valence-corrected chi connectivity index (χ3v) is 3.42. The number of aryl methyl sites for hydroxylation is 1. The van der Waals surface area contributed by atoms with Crippen LogP contribution in [0.25, 0.3) is 0 Å². The molecule has 1 N–H and O–H groups in total. The number of Topliss-reactive ketones (excluding diaryl/α,β-unsaturated/α-hetero) is 1. The molecule has 0 saturated heterocycles. The van der Waals surface area contributed by atoms with Crippen LogP contribution in [0.3, 0.4) is 0 Å². The summed E-state index contributed by atoms with van der Waals surface area (Å²) in [6, 6.07) is 16.3. The highest BCUT2D eigenvalue weighted by molar-refractivity contribution is 6.00. The molecule has 1 unspecified atom stereocenters. The molecule has 0 aromatic heterocycles. The number of aliphatic hydroxyl groups excluding tert-OH is 1. The molecule has 0 aliphatic rings. The molecule has 21 heavy (non-hydrogen) atoms. The lowest BCUT2D eigenvalue weighted by Crippen LogP contribution is -2.14. The largest absolute Gasteiger partial charge is 0.380 e. The zero-order valence-electron chi connectivity index (χ0n) is 11.8. The van der Waals surface area contributed by atoms with Crippen molar-refractivity contribution in [3.05, 3.63) is 71.3 Å². The maximum atomic E-state index is 12.3. The average Bonchev–Trinajstić information content (AvgIpc) is 2.55. The lowest BCUT2D eigenvalue weighted by molar-refractivity contribution is 0.0745. The summed E-state index contributed by atoms with van der Waals surface area (Å²) in [4.78, 5) is 12.3. The van der Waals surface area contributed by atoms with E-state index in [0.717, 1.165) is 18.4 Å². The topological polar surface area (TPSA) is 37.3 Å². The Morgan fingerprint density at radius 3 is 2.48 bits per heavy atom. The first-order valence-electron chi connectivity index (χ1n) is 7.02. The Morgan fingerprint density at radius 2 is 1.76 bits per heavy atom. The smallest absolute Gasteiger partial charge is 0.195 e. The second kappa shape index (κ2) is 7.42. The molecular formula is C19H18O2. The molecule has 2 rings (SSSR count). The van der Waals surface area contributed by atoms with Gasteiger partial charge in [0.15, 0.2) is 5.78 Å². The van der Waals surface area contributed by atoms with Crippen molar-refractivity contribution in [2.24, 2.45) is 0 Å². The first-order chi connectivity index (χ1) is 10.2. The van der Waals surface area contributed by atoms with E-state index in [1.165, 1.54) is 0 Å². The molecule has 2 aromatic carbocycles. The summed E-state index contributed by atoms with van der Waals surface area (Å²) in [6.07, 6.45) is 6.43. The number of hydrogen-bond acceptors (Lipinski definition) is 2. The van der Waals surface area contributed by atoms with Gasteiger partial charge in [-0.15, -0.1) is 12.3 Å². The van der Waals surface area contributed by atoms with Crippen molar-refractivity contribution in [1.29, 1.82) is 0 Å². The molecule has 0 saturated carbocycles. The van der Waals surface area contributed by atoms with E-state index in [1.807, 2.05) is 24.3 Å². The SMILES string of the molecule is C#CCCCc1ccccc1C(O)C(=O)c1ccccc1. The van der Waals surface area contributed by atoms with Crippen molar-refractivity contribution in [2.75, 3.05) is 0 Å². The van der Waals surface area contributed by atoms with Gasteiger partial charge in [0.1, 0.15) is 6.10 Å². The van der Waals surface area contributed by atoms with Gasteiger partial charge in [-0.2, -0.15) is 0 Å². The summed E-state index contributed by atoms with van der Waals surface area (Å²) >= 11 is 0. The number of terminal acetylenes is 1. The minimum atomic E-state index is -1.13. The van der Waals surface area contributed by atoms with Crippen molar-refractivity contribution in [3.8, 4) is 12.3 Å². The summed E-state index contributed by atoms with van der Waals surface area (Å²) in [6.45, 7) is 0. The summed E-state index contributed by atoms with van der Waals surface area (Å²) in [5, 5.41) is 10.4. The van der Waals surface area contributed by atoms with Crippen LogP contribution in [0, 0.1) is 12.3 Å². The summed E-state index contributed by atoms with van der Waals surface area (Å²) in [5.74, 6) is 2.33. The molecule has 0 bridgehead atoms. The van der Waals surface area contributed by atoms with Crippen LogP contribution in [0.4, 0.5) is 0 Å². The second-order valence-corrected chi connectivity index (χ2v) is 4.89. The van der Waals surface area contributed by atoms with Crippen LogP contribution in [-0.4, -0.2) is 10.9 Å². The van der Waals surface area contributed by atoms with E-state index in [0.29, 0.717) is 17.5 Å². The fourth-order valence-corrected chi connectivity index (χ4v) is 2.31. The van der Waals surface area contributed by atoms with Crippen molar-refractivity contribution in [3.63, 3.8) is 0 Å². The van der Waals surface area contributed by atoms with E-state index in [2.05, 4.69) is 5.92 Å². The maximum absolute atomic E-state index is 12.3. The zero-order valence-corrected chi connectivity index (χ0v) is 11.8. The third kappa shape index (κ3) is 3.81. The van der Waals surface area contributed by atoms with Gasteiger partial charge in [-0.3, -0.25) is 4.79 Å². The van der Waals surface area contributed by atoms with Crippen LogP contribution in [-0.2, 0) is 6.42 Å². The molecule has 0 heterocycles. The second-order valence-electron chi connectivity index (χ2n) is 4.89. The Morgan fingerprint density at radius 1 is 1.10 bits per heavy atom. The molecule has 2 nitrogen and oxygen atoms in total. The van der Waals surface area contributed by atoms with Crippen molar-refractivity contribution >= 4 is 5.78 Å². The monoisotopic (exact) mass is 278 g/mol. The highest BCUT2D eigenvalue weighted by Gasteiger charge is 2.21. The third-order valence-electron chi connectivity index (χ3n) is 3.42. The molecule has 0 amide bonds. The quantitative estimate of drug-likeness (QED) is 0.498. The average molecular weight is 278 g/mol. The van der Waals surface area contributed by atoms with E-state index in [1.54, 1.807) is 30.3 Å². The van der Waals surface area contributed by atoms with Crippen LogP contribution < -0.4 is 0 Å². The maximum Gasteiger partial charge on any atom is 0.195 e. The van der Waals surface area contributed by atoms with Gasteiger partial charge >= 0.3 is 0 Å². The molecule has 2 aromatic rings. The number of carbonyl (C=O) groups excluding carboxylic acids is 1. The molecule has 2 heteroatoms. The molecule has 0 radical (unpaired) electrons. The van der Waals surface area contributed by atoms with E-state index in [4.69, 9.17) is 6.42 Å². The molecule has 0 spiro atoms. The Bertz CT molecular complexity index is 638. The molecule has 0 aliphatic carbocycles. The number of aliphatic hydroxyl groups is 1. The van der Waals surface area contributed by atoms with Crippen molar-refractivity contribution in [1.82, 2.24) is 0 Å². The molecule has 0 aliphatic heterocycles. The van der Waals surface area contributed by atoms with Gasteiger partial charge < -0.3 is 5.11 Å². The lowest BCUT2D eigenvalue weighted by Gasteiger charge is -2.14. The van der Waals surface area contributed by atoms with Gasteiger partial charge in [0, 0.05) is 12.0 Å². The predicted molar refractivity (Wildman–Crippen MR) is 83.9 cm³/mol. The van der Waals surface area contributed by atoms with Gasteiger partial charge in [0.25, 0.3) is 0 Å². The van der Waals surface area contributed by atoms with Gasteiger partial charge in [-0.1, -0.05) is 54.6 Å². The van der Waals surface area contributed by atoms with Gasteiger partial charge in [-0.25, -0.2) is 0 Å². The first kappa shape index (κ1) is 15.0. The summed E-state index contributed by atoms with van der Waals surface area (Å²) in [7, 11) is 0. The lowest BCUT2D eigenvalue weighted by atomic mass is 9.93. The highest BCUT2D eigenvalue weighted by Crippen LogP contribution is 2.23. The number of ketones is 1. The number of rotatable bonds is 6. The first-order valence-corrected chi connectivity index (χ1v) is 7.02. The Labute approximate surface area is 125 Å². The van der Waals surface area contributed by atoms with Gasteiger partial charge in [0.2, 0.25) is 0 Å². The molecule has 106 valence electrons. The molecule has 0 fully saturated rings. The van der Waals surface area contributed by atoms with E-state index >= 15 is 0 Å². The highest BCUT2D eigenvalue weighted by atomic mass is 16.3. The zero-order chi connectivity index (χ0) is 15.1. The minimum Gasteiger partial charge on any atom is -0.380 e. The minimum absolute atomic E-state index is 0.278. The van der Waals surface area contributed by atoms with Crippen molar-refractivity contribution in [2.45, 2.75) is 25.4 Å². The number of unbranched alkanes of at least 4 members (excludes halogenated alkanes) is 1. The van der Waals surface area contributed by atoms with E-state index in [9.17, 15) is 9.90 Å². The fourth-order valence-electron chi connectivity index (χ4n) is 2.31. The normalized spacial score (nSPS) is 11.6. The summed E-state index contributed by atoms with van der Waals surface area (Å²) in [5.41, 5.74) is 2.16. The Kier molecular flexibility index (Phi) is 5.31. The molecular weight excluding hydrogens is 260 g/mol. The van der Waals surface area contributed by atoms with Gasteiger partial charge in [0.05, 0.1) is 0 Å². The van der Waals surface area contributed by atoms with Crippen molar-refractivity contribution < 1.29 is 9.90 Å². The van der Waals surface area contributed by atoms with Crippen LogP contribution >= 0.6 is 0 Å². The fraction of sp³-hybridized carbons (Fsp3) is 0.211.